The molecule has 5 rings (SSSR count). The number of anilines is 3. The smallest absolute Gasteiger partial charge is 0.278 e. The van der Waals surface area contributed by atoms with Gasteiger partial charge in [0.1, 0.15) is 6.33 Å². The first-order chi connectivity index (χ1) is 16.2. The Kier molecular flexibility index (Phi) is 6.06. The molecule has 33 heavy (non-hydrogen) atoms. The number of hydrogen-bond donors (Lipinski definition) is 2. The van der Waals surface area contributed by atoms with Crippen LogP contribution in [0.15, 0.2) is 49.2 Å². The molecule has 8 heteroatoms. The van der Waals surface area contributed by atoms with Crippen LogP contribution in [0.4, 0.5) is 17.2 Å². The molecular formula is C25H26N6O2. The highest BCUT2D eigenvalue weighted by molar-refractivity contribution is 6.11. The molecule has 0 bridgehead atoms. The minimum atomic E-state index is -0.409. The highest BCUT2D eigenvalue weighted by atomic mass is 16.2. The van der Waals surface area contributed by atoms with Crippen molar-refractivity contribution in [2.24, 2.45) is 5.92 Å². The lowest BCUT2D eigenvalue weighted by Crippen LogP contribution is -2.22. The number of nitrogens with one attached hydrogen (secondary N) is 2. The van der Waals surface area contributed by atoms with Gasteiger partial charge in [-0.2, -0.15) is 0 Å². The molecule has 0 spiro atoms. The van der Waals surface area contributed by atoms with Crippen LogP contribution < -0.4 is 10.6 Å². The van der Waals surface area contributed by atoms with Gasteiger partial charge in [0.15, 0.2) is 17.3 Å². The van der Waals surface area contributed by atoms with E-state index >= 15 is 0 Å². The normalized spacial score (nSPS) is 16.2. The second-order valence-electron chi connectivity index (χ2n) is 8.72. The molecule has 2 aliphatic carbocycles. The van der Waals surface area contributed by atoms with Crippen molar-refractivity contribution in [3.05, 3.63) is 66.1 Å². The molecular weight excluding hydrogens is 416 g/mol. The summed E-state index contributed by atoms with van der Waals surface area (Å²) in [5.41, 5.74) is 2.65. The lowest BCUT2D eigenvalue weighted by Gasteiger charge is -2.21. The monoisotopic (exact) mass is 442 g/mol. The van der Waals surface area contributed by atoms with Crippen molar-refractivity contribution in [2.75, 3.05) is 10.6 Å². The molecule has 168 valence electrons. The van der Waals surface area contributed by atoms with Crippen LogP contribution in [0.2, 0.25) is 0 Å². The Bertz CT molecular complexity index is 1160. The van der Waals surface area contributed by atoms with E-state index in [0.717, 1.165) is 44.2 Å². The zero-order chi connectivity index (χ0) is 22.6. The zero-order valence-corrected chi connectivity index (χ0v) is 18.3. The predicted molar refractivity (Wildman–Crippen MR) is 125 cm³/mol. The molecule has 0 saturated heterocycles. The van der Waals surface area contributed by atoms with E-state index in [1.165, 1.54) is 12.7 Å². The summed E-state index contributed by atoms with van der Waals surface area (Å²) in [6.07, 6.45) is 13.6. The van der Waals surface area contributed by atoms with Crippen molar-refractivity contribution in [3.8, 4) is 0 Å². The maximum Gasteiger partial charge on any atom is 0.278 e. The maximum atomic E-state index is 13.4. The Morgan fingerprint density at radius 2 is 1.67 bits per heavy atom. The highest BCUT2D eigenvalue weighted by Crippen LogP contribution is 2.39. The number of nitrogens with zero attached hydrogens (tertiary/aromatic N) is 4. The number of ketones is 1. The van der Waals surface area contributed by atoms with Crippen LogP contribution in [0.25, 0.3) is 0 Å². The van der Waals surface area contributed by atoms with E-state index in [0.29, 0.717) is 28.7 Å². The van der Waals surface area contributed by atoms with Crippen molar-refractivity contribution < 1.29 is 9.59 Å². The van der Waals surface area contributed by atoms with Gasteiger partial charge < -0.3 is 10.6 Å². The van der Waals surface area contributed by atoms with Crippen molar-refractivity contribution in [3.63, 3.8) is 0 Å². The molecule has 2 saturated carbocycles. The number of carbonyl (C=O) groups excluding carboxylic acids is 2. The second kappa shape index (κ2) is 9.44. The minimum Gasteiger partial charge on any atom is -0.336 e. The van der Waals surface area contributed by atoms with Gasteiger partial charge >= 0.3 is 0 Å². The number of rotatable bonds is 7. The van der Waals surface area contributed by atoms with Crippen molar-refractivity contribution in [1.29, 1.82) is 0 Å². The van der Waals surface area contributed by atoms with E-state index in [9.17, 15) is 9.59 Å². The molecule has 2 N–H and O–H groups in total. The quantitative estimate of drug-likeness (QED) is 0.501. The topological polar surface area (TPSA) is 110 Å². The van der Waals surface area contributed by atoms with Gasteiger partial charge in [-0.1, -0.05) is 31.4 Å². The molecule has 2 aromatic heterocycles. The summed E-state index contributed by atoms with van der Waals surface area (Å²) in [7, 11) is 0. The Labute approximate surface area is 192 Å². The summed E-state index contributed by atoms with van der Waals surface area (Å²) < 4.78 is 0. The van der Waals surface area contributed by atoms with Crippen LogP contribution in [0.5, 0.6) is 0 Å². The number of Topliss-reactive ketones (excluding diaryl/α,β-unsaturated/α-hetero) is 1. The molecule has 0 aliphatic heterocycles. The number of amides is 1. The largest absolute Gasteiger partial charge is 0.336 e. The van der Waals surface area contributed by atoms with Crippen LogP contribution in [0.3, 0.4) is 0 Å². The molecule has 1 aromatic carbocycles. The summed E-state index contributed by atoms with van der Waals surface area (Å²) >= 11 is 0. The van der Waals surface area contributed by atoms with E-state index in [1.54, 1.807) is 30.7 Å². The summed E-state index contributed by atoms with van der Waals surface area (Å²) in [4.78, 5) is 43.7. The summed E-state index contributed by atoms with van der Waals surface area (Å²) in [6.45, 7) is 0. The third-order valence-corrected chi connectivity index (χ3v) is 6.24. The molecule has 0 unspecified atom stereocenters. The third kappa shape index (κ3) is 4.89. The fourth-order valence-corrected chi connectivity index (χ4v) is 4.30. The van der Waals surface area contributed by atoms with Crippen molar-refractivity contribution >= 4 is 28.9 Å². The highest BCUT2D eigenvalue weighted by Gasteiger charge is 2.29. The molecule has 2 aliphatic rings. The summed E-state index contributed by atoms with van der Waals surface area (Å²) in [6, 6.07) is 7.21. The van der Waals surface area contributed by atoms with Crippen LogP contribution >= 0.6 is 0 Å². The van der Waals surface area contributed by atoms with Crippen LogP contribution in [-0.4, -0.2) is 31.6 Å². The van der Waals surface area contributed by atoms with Crippen molar-refractivity contribution in [1.82, 2.24) is 19.9 Å². The maximum absolute atomic E-state index is 13.4. The SMILES string of the molecule is O=C(Nc1ccccc1C(=O)C1CCCCC1)c1nc(C2CC2)cnc1Nc1cncnc1. The predicted octanol–water partition coefficient (Wildman–Crippen LogP) is 4.90. The van der Waals surface area contributed by atoms with Gasteiger partial charge in [-0.25, -0.2) is 19.9 Å². The number of para-hydroxylation sites is 1. The van der Waals surface area contributed by atoms with Crippen molar-refractivity contribution in [2.45, 2.75) is 50.9 Å². The third-order valence-electron chi connectivity index (χ3n) is 6.24. The fraction of sp³-hybridized carbons (Fsp3) is 0.360. The molecule has 0 atom stereocenters. The van der Waals surface area contributed by atoms with Gasteiger partial charge in [0.05, 0.1) is 35.7 Å². The first kappa shape index (κ1) is 21.2. The van der Waals surface area contributed by atoms with Gasteiger partial charge in [0, 0.05) is 17.4 Å². The number of carbonyl (C=O) groups is 2. The average Bonchev–Trinajstić information content (AvgIpc) is 3.71. The Morgan fingerprint density at radius 1 is 0.909 bits per heavy atom. The van der Waals surface area contributed by atoms with E-state index in [2.05, 4.69) is 30.6 Å². The molecule has 8 nitrogen and oxygen atoms in total. The van der Waals surface area contributed by atoms with E-state index in [-0.39, 0.29) is 17.4 Å². The summed E-state index contributed by atoms with van der Waals surface area (Å²) in [5.74, 6) is 0.377. The molecule has 2 heterocycles. The van der Waals surface area contributed by atoms with E-state index in [1.807, 2.05) is 12.1 Å². The van der Waals surface area contributed by atoms with Gasteiger partial charge in [-0.15, -0.1) is 0 Å². The van der Waals surface area contributed by atoms with E-state index in [4.69, 9.17) is 0 Å². The van der Waals surface area contributed by atoms with Gasteiger partial charge in [0.25, 0.3) is 5.91 Å². The molecule has 2 fully saturated rings. The van der Waals surface area contributed by atoms with Crippen LogP contribution in [-0.2, 0) is 0 Å². The minimum absolute atomic E-state index is 0.0186. The Hall–Kier alpha value is -3.68. The standard InChI is InChI=1S/C25H26N6O2/c32-23(17-6-2-1-3-7-17)19-8-4-5-9-20(19)31-25(33)22-24(29-18-12-26-15-27-13-18)28-14-21(30-22)16-10-11-16/h4-5,8-9,12-17H,1-3,6-7,10-11H2,(H,28,29)(H,31,33). The lowest BCUT2D eigenvalue weighted by atomic mass is 9.83. The first-order valence-electron chi connectivity index (χ1n) is 11.5. The molecule has 1 amide bonds. The number of benzene rings is 1. The second-order valence-corrected chi connectivity index (χ2v) is 8.72. The van der Waals surface area contributed by atoms with Gasteiger partial charge in [-0.05, 0) is 37.8 Å². The number of hydrogen-bond acceptors (Lipinski definition) is 7. The Morgan fingerprint density at radius 3 is 2.42 bits per heavy atom. The van der Waals surface area contributed by atoms with Crippen LogP contribution in [0, 0.1) is 5.92 Å². The molecule has 0 radical (unpaired) electrons. The molecule has 3 aromatic rings. The van der Waals surface area contributed by atoms with Gasteiger partial charge in [0.2, 0.25) is 0 Å². The zero-order valence-electron chi connectivity index (χ0n) is 18.3. The summed E-state index contributed by atoms with van der Waals surface area (Å²) in [5, 5.41) is 6.01. The van der Waals surface area contributed by atoms with Crippen LogP contribution in [0.1, 0.15) is 77.4 Å². The van der Waals surface area contributed by atoms with Gasteiger partial charge in [-0.3, -0.25) is 9.59 Å². The lowest BCUT2D eigenvalue weighted by molar-refractivity contribution is 0.0890. The fourth-order valence-electron chi connectivity index (χ4n) is 4.30. The first-order valence-corrected chi connectivity index (χ1v) is 11.5. The average molecular weight is 443 g/mol. The number of aromatic nitrogens is 4. The van der Waals surface area contributed by atoms with E-state index < -0.39 is 5.91 Å². The Balaban J connectivity index is 1.43.